The Morgan fingerprint density at radius 1 is 0.974 bits per heavy atom. The lowest BCUT2D eigenvalue weighted by molar-refractivity contribution is -0.140. The zero-order valence-corrected chi connectivity index (χ0v) is 22.4. The molecule has 0 saturated heterocycles. The second-order valence-corrected chi connectivity index (χ2v) is 9.62. The molecule has 2 atom stereocenters. The maximum atomic E-state index is 13.3. The molecule has 6 heteroatoms. The Kier molecular flexibility index (Phi) is 8.41. The summed E-state index contributed by atoms with van der Waals surface area (Å²) in [5, 5.41) is 3.02. The van der Waals surface area contributed by atoms with E-state index in [1.807, 2.05) is 80.6 Å². The van der Waals surface area contributed by atoms with Crippen molar-refractivity contribution in [2.45, 2.75) is 52.6 Å². The standard InChI is InChI=1S/C32H34N2O4/c1-5-38-32(37)30-23(4)34(29(35)19-28(30)27-14-10-9-11-21(27)2)20-24-15-17-26(18-16-24)31(36)33-22(3)25-12-7-6-8-13-25/h6-18,22,28H,5,19-20H2,1-4H3,(H,33,36). The number of aryl methyl sites for hydroxylation is 1. The minimum Gasteiger partial charge on any atom is -0.463 e. The van der Waals surface area contributed by atoms with Gasteiger partial charge in [-0.3, -0.25) is 9.59 Å². The Bertz CT molecular complexity index is 1350. The summed E-state index contributed by atoms with van der Waals surface area (Å²) in [7, 11) is 0. The molecule has 6 nitrogen and oxygen atoms in total. The summed E-state index contributed by atoms with van der Waals surface area (Å²) < 4.78 is 5.40. The van der Waals surface area contributed by atoms with Gasteiger partial charge in [-0.1, -0.05) is 66.7 Å². The van der Waals surface area contributed by atoms with Crippen LogP contribution in [0.15, 0.2) is 90.1 Å². The lowest BCUT2D eigenvalue weighted by atomic mass is 9.81. The molecule has 1 heterocycles. The van der Waals surface area contributed by atoms with Crippen LogP contribution >= 0.6 is 0 Å². The van der Waals surface area contributed by atoms with E-state index in [9.17, 15) is 14.4 Å². The molecular formula is C32H34N2O4. The van der Waals surface area contributed by atoms with E-state index in [2.05, 4.69) is 5.32 Å². The van der Waals surface area contributed by atoms with Crippen molar-refractivity contribution in [3.63, 3.8) is 0 Å². The van der Waals surface area contributed by atoms with Crippen molar-refractivity contribution in [1.29, 1.82) is 0 Å². The van der Waals surface area contributed by atoms with Crippen LogP contribution in [0.1, 0.15) is 71.8 Å². The average Bonchev–Trinajstić information content (AvgIpc) is 2.92. The molecule has 0 aliphatic carbocycles. The topological polar surface area (TPSA) is 75.7 Å². The van der Waals surface area contributed by atoms with Gasteiger partial charge in [0, 0.05) is 23.6 Å². The highest BCUT2D eigenvalue weighted by molar-refractivity contribution is 5.96. The number of rotatable bonds is 8. The molecule has 2 amide bonds. The first-order valence-corrected chi connectivity index (χ1v) is 13.0. The predicted octanol–water partition coefficient (Wildman–Crippen LogP) is 5.84. The number of allylic oxidation sites excluding steroid dienone is 1. The molecule has 1 N–H and O–H groups in total. The number of carbonyl (C=O) groups excluding carboxylic acids is 3. The Morgan fingerprint density at radius 2 is 1.63 bits per heavy atom. The van der Waals surface area contributed by atoms with Crippen LogP contribution in [-0.2, 0) is 20.9 Å². The third-order valence-electron chi connectivity index (χ3n) is 7.09. The van der Waals surface area contributed by atoms with Crippen molar-refractivity contribution < 1.29 is 19.1 Å². The Labute approximate surface area is 224 Å². The molecule has 0 bridgehead atoms. The molecule has 38 heavy (non-hydrogen) atoms. The molecule has 4 rings (SSSR count). The first kappa shape index (κ1) is 26.9. The number of amides is 2. The normalized spacial score (nSPS) is 16.3. The number of hydrogen-bond acceptors (Lipinski definition) is 4. The van der Waals surface area contributed by atoms with Crippen molar-refractivity contribution >= 4 is 17.8 Å². The van der Waals surface area contributed by atoms with Crippen LogP contribution in [0.25, 0.3) is 0 Å². The third kappa shape index (κ3) is 5.86. The van der Waals surface area contributed by atoms with Gasteiger partial charge >= 0.3 is 5.97 Å². The minimum absolute atomic E-state index is 0.0534. The molecule has 3 aromatic rings. The molecule has 3 aromatic carbocycles. The van der Waals surface area contributed by atoms with E-state index in [-0.39, 0.29) is 36.8 Å². The fourth-order valence-corrected chi connectivity index (χ4v) is 4.97. The molecular weight excluding hydrogens is 476 g/mol. The van der Waals surface area contributed by atoms with E-state index >= 15 is 0 Å². The molecule has 0 aromatic heterocycles. The van der Waals surface area contributed by atoms with Crippen LogP contribution in [0.5, 0.6) is 0 Å². The van der Waals surface area contributed by atoms with Gasteiger partial charge < -0.3 is 15.0 Å². The summed E-state index contributed by atoms with van der Waals surface area (Å²) in [5.74, 6) is -0.960. The number of esters is 1. The molecule has 0 radical (unpaired) electrons. The van der Waals surface area contributed by atoms with Crippen molar-refractivity contribution in [3.8, 4) is 0 Å². The summed E-state index contributed by atoms with van der Waals surface area (Å²) in [6, 6.07) is 24.7. The number of nitrogens with one attached hydrogen (secondary N) is 1. The summed E-state index contributed by atoms with van der Waals surface area (Å²) in [6.07, 6.45) is 0.189. The van der Waals surface area contributed by atoms with Gasteiger partial charge in [0.1, 0.15) is 0 Å². The molecule has 196 valence electrons. The van der Waals surface area contributed by atoms with Crippen LogP contribution in [0, 0.1) is 6.92 Å². The number of carbonyl (C=O) groups is 3. The highest BCUT2D eigenvalue weighted by atomic mass is 16.5. The van der Waals surface area contributed by atoms with Crippen molar-refractivity contribution in [2.75, 3.05) is 6.61 Å². The fraction of sp³-hybridized carbons (Fsp3) is 0.281. The zero-order valence-electron chi connectivity index (χ0n) is 22.4. The second kappa shape index (κ2) is 11.9. The van der Waals surface area contributed by atoms with Crippen LogP contribution in [0.2, 0.25) is 0 Å². The smallest absolute Gasteiger partial charge is 0.336 e. The van der Waals surface area contributed by atoms with Gasteiger partial charge in [0.2, 0.25) is 5.91 Å². The fourth-order valence-electron chi connectivity index (χ4n) is 4.97. The molecule has 1 aliphatic heterocycles. The van der Waals surface area contributed by atoms with Gasteiger partial charge in [0.05, 0.1) is 24.8 Å². The first-order chi connectivity index (χ1) is 18.3. The summed E-state index contributed by atoms with van der Waals surface area (Å²) in [6.45, 7) is 8.08. The Balaban J connectivity index is 1.54. The number of ether oxygens (including phenoxy) is 1. The van der Waals surface area contributed by atoms with Crippen LogP contribution < -0.4 is 5.32 Å². The average molecular weight is 511 g/mol. The summed E-state index contributed by atoms with van der Waals surface area (Å²) in [4.78, 5) is 40.8. The highest BCUT2D eigenvalue weighted by Gasteiger charge is 2.37. The number of hydrogen-bond donors (Lipinski definition) is 1. The lowest BCUT2D eigenvalue weighted by Gasteiger charge is -2.35. The Morgan fingerprint density at radius 3 is 2.29 bits per heavy atom. The maximum absolute atomic E-state index is 13.3. The lowest BCUT2D eigenvalue weighted by Crippen LogP contribution is -2.38. The number of nitrogens with zero attached hydrogens (tertiary/aromatic N) is 1. The number of benzene rings is 3. The van der Waals surface area contributed by atoms with Gasteiger partial charge in [-0.15, -0.1) is 0 Å². The van der Waals surface area contributed by atoms with Crippen molar-refractivity contribution in [2.24, 2.45) is 0 Å². The van der Waals surface area contributed by atoms with E-state index in [4.69, 9.17) is 4.74 Å². The van der Waals surface area contributed by atoms with Gasteiger partial charge in [-0.05, 0) is 62.1 Å². The first-order valence-electron chi connectivity index (χ1n) is 13.0. The molecule has 0 fully saturated rings. The molecule has 0 spiro atoms. The SMILES string of the molecule is CCOC(=O)C1=C(C)N(Cc2ccc(C(=O)NC(C)c3ccccc3)cc2)C(=O)CC1c1ccccc1C. The van der Waals surface area contributed by atoms with Crippen molar-refractivity contribution in [1.82, 2.24) is 10.2 Å². The van der Waals surface area contributed by atoms with E-state index in [1.54, 1.807) is 30.9 Å². The van der Waals surface area contributed by atoms with E-state index in [1.165, 1.54) is 0 Å². The van der Waals surface area contributed by atoms with Gasteiger partial charge in [0.15, 0.2) is 0 Å². The van der Waals surface area contributed by atoms with Crippen LogP contribution in [0.3, 0.4) is 0 Å². The van der Waals surface area contributed by atoms with E-state index < -0.39 is 5.97 Å². The largest absolute Gasteiger partial charge is 0.463 e. The summed E-state index contributed by atoms with van der Waals surface area (Å²) >= 11 is 0. The van der Waals surface area contributed by atoms with Crippen LogP contribution in [0.4, 0.5) is 0 Å². The highest BCUT2D eigenvalue weighted by Crippen LogP contribution is 2.38. The molecule has 1 aliphatic rings. The minimum atomic E-state index is -0.393. The third-order valence-corrected chi connectivity index (χ3v) is 7.09. The predicted molar refractivity (Wildman–Crippen MR) is 147 cm³/mol. The van der Waals surface area contributed by atoms with Crippen LogP contribution in [-0.4, -0.2) is 29.3 Å². The molecule has 0 saturated carbocycles. The van der Waals surface area contributed by atoms with Crippen molar-refractivity contribution in [3.05, 3.63) is 118 Å². The zero-order chi connectivity index (χ0) is 27.2. The van der Waals surface area contributed by atoms with E-state index in [0.717, 1.165) is 22.3 Å². The summed E-state index contributed by atoms with van der Waals surface area (Å²) in [5.41, 5.74) is 5.55. The maximum Gasteiger partial charge on any atom is 0.336 e. The van der Waals surface area contributed by atoms with Gasteiger partial charge in [-0.2, -0.15) is 0 Å². The van der Waals surface area contributed by atoms with Gasteiger partial charge in [0.25, 0.3) is 5.91 Å². The van der Waals surface area contributed by atoms with Gasteiger partial charge in [-0.25, -0.2) is 4.79 Å². The second-order valence-electron chi connectivity index (χ2n) is 9.62. The monoisotopic (exact) mass is 510 g/mol. The molecule has 2 unspecified atom stereocenters. The quantitative estimate of drug-likeness (QED) is 0.387. The van der Waals surface area contributed by atoms with E-state index in [0.29, 0.717) is 23.4 Å². The Hall–Kier alpha value is -4.19.